The number of halogens is 3. The largest absolute Gasteiger partial charge is 0.367 e. The summed E-state index contributed by atoms with van der Waals surface area (Å²) >= 11 is 0. The van der Waals surface area contributed by atoms with E-state index < -0.39 is 0 Å². The molecule has 1 unspecified atom stereocenters. The van der Waals surface area contributed by atoms with E-state index in [0.29, 0.717) is 17.2 Å². The van der Waals surface area contributed by atoms with Crippen molar-refractivity contribution in [2.75, 3.05) is 64.3 Å². The standard InChI is InChI=1S/C20H31FN4O.2ClH/c1-3-23-9-11-24(12-10-23)19-7-6-17(13-18(19)21)20(26)25-8-4-5-16(15-25)14-22-2;;/h6-7,13,16,22H,3-5,8-12,14-15H2,1-2H3;2*1H. The summed E-state index contributed by atoms with van der Waals surface area (Å²) in [5.41, 5.74) is 1.08. The van der Waals surface area contributed by atoms with Gasteiger partial charge in [-0.25, -0.2) is 4.39 Å². The van der Waals surface area contributed by atoms with E-state index in [9.17, 15) is 9.18 Å². The Balaban J connectivity index is 0.00000196. The summed E-state index contributed by atoms with van der Waals surface area (Å²) in [6.45, 7) is 9.19. The first-order valence-corrected chi connectivity index (χ1v) is 9.83. The third-order valence-electron chi connectivity index (χ3n) is 5.65. The van der Waals surface area contributed by atoms with Crippen molar-refractivity contribution in [3.8, 4) is 0 Å². The number of benzene rings is 1. The molecule has 1 amide bonds. The summed E-state index contributed by atoms with van der Waals surface area (Å²) in [4.78, 5) is 19.1. The molecule has 1 atom stereocenters. The van der Waals surface area contributed by atoms with E-state index >= 15 is 0 Å². The maximum absolute atomic E-state index is 14.7. The van der Waals surface area contributed by atoms with Gasteiger partial charge in [0.1, 0.15) is 5.82 Å². The summed E-state index contributed by atoms with van der Waals surface area (Å²) in [6.07, 6.45) is 2.15. The number of likely N-dealkylation sites (N-methyl/N-ethyl adjacent to an activating group) is 1. The first kappa shape index (κ1) is 25.0. The summed E-state index contributed by atoms with van der Waals surface area (Å²) in [6, 6.07) is 4.99. The fraction of sp³-hybridized carbons (Fsp3) is 0.650. The molecule has 2 heterocycles. The number of nitrogens with zero attached hydrogens (tertiary/aromatic N) is 3. The second kappa shape index (κ2) is 11.8. The average molecular weight is 435 g/mol. The van der Waals surface area contributed by atoms with Crippen LogP contribution < -0.4 is 10.2 Å². The summed E-state index contributed by atoms with van der Waals surface area (Å²) < 4.78 is 14.7. The Kier molecular flexibility index (Phi) is 10.5. The van der Waals surface area contributed by atoms with Gasteiger partial charge in [-0.1, -0.05) is 6.92 Å². The number of rotatable bonds is 5. The van der Waals surface area contributed by atoms with Crippen LogP contribution in [0.3, 0.4) is 0 Å². The number of carbonyl (C=O) groups excluding carboxylic acids is 1. The molecule has 2 fully saturated rings. The Morgan fingerprint density at radius 3 is 2.50 bits per heavy atom. The molecule has 28 heavy (non-hydrogen) atoms. The van der Waals surface area contributed by atoms with Crippen LogP contribution in [0.1, 0.15) is 30.1 Å². The number of piperazine rings is 1. The number of nitrogens with one attached hydrogen (secondary N) is 1. The molecule has 1 N–H and O–H groups in total. The van der Waals surface area contributed by atoms with Gasteiger partial charge < -0.3 is 20.0 Å². The minimum absolute atomic E-state index is 0. The fourth-order valence-electron chi connectivity index (χ4n) is 4.09. The highest BCUT2D eigenvalue weighted by atomic mass is 35.5. The molecule has 3 rings (SSSR count). The van der Waals surface area contributed by atoms with Crippen LogP contribution in [0.2, 0.25) is 0 Å². The molecule has 2 aliphatic heterocycles. The normalized spacial score (nSPS) is 20.3. The van der Waals surface area contributed by atoms with Crippen molar-refractivity contribution in [3.63, 3.8) is 0 Å². The molecule has 5 nitrogen and oxygen atoms in total. The molecule has 2 aliphatic rings. The fourth-order valence-corrected chi connectivity index (χ4v) is 4.09. The van der Waals surface area contributed by atoms with Gasteiger partial charge in [-0.2, -0.15) is 0 Å². The van der Waals surface area contributed by atoms with Crippen molar-refractivity contribution < 1.29 is 9.18 Å². The molecule has 160 valence electrons. The lowest BCUT2D eigenvalue weighted by molar-refractivity contribution is 0.0674. The molecule has 0 aliphatic carbocycles. The minimum Gasteiger partial charge on any atom is -0.367 e. The number of amides is 1. The number of anilines is 1. The van der Waals surface area contributed by atoms with Gasteiger partial charge in [0.2, 0.25) is 0 Å². The molecule has 0 saturated carbocycles. The summed E-state index contributed by atoms with van der Waals surface area (Å²) in [7, 11) is 1.94. The first-order chi connectivity index (χ1) is 12.6. The van der Waals surface area contributed by atoms with E-state index in [1.807, 2.05) is 11.9 Å². The zero-order valence-electron chi connectivity index (χ0n) is 16.8. The highest BCUT2D eigenvalue weighted by molar-refractivity contribution is 5.94. The molecule has 0 bridgehead atoms. The Bertz CT molecular complexity index is 624. The summed E-state index contributed by atoms with van der Waals surface area (Å²) in [5, 5.41) is 3.19. The highest BCUT2D eigenvalue weighted by Crippen LogP contribution is 2.24. The van der Waals surface area contributed by atoms with Gasteiger partial charge in [0.05, 0.1) is 5.69 Å². The smallest absolute Gasteiger partial charge is 0.253 e. The van der Waals surface area contributed by atoms with Gasteiger partial charge in [0.25, 0.3) is 5.91 Å². The van der Waals surface area contributed by atoms with Gasteiger partial charge in [-0.15, -0.1) is 24.8 Å². The second-order valence-electron chi connectivity index (χ2n) is 7.40. The highest BCUT2D eigenvalue weighted by Gasteiger charge is 2.25. The van der Waals surface area contributed by atoms with Gasteiger partial charge >= 0.3 is 0 Å². The first-order valence-electron chi connectivity index (χ1n) is 9.83. The van der Waals surface area contributed by atoms with E-state index in [1.165, 1.54) is 6.07 Å². The number of carbonyl (C=O) groups is 1. The molecular weight excluding hydrogens is 402 g/mol. The van der Waals surface area contributed by atoms with Crippen LogP contribution in [0.4, 0.5) is 10.1 Å². The van der Waals surface area contributed by atoms with Crippen LogP contribution in [0, 0.1) is 11.7 Å². The van der Waals surface area contributed by atoms with E-state index in [4.69, 9.17) is 0 Å². The molecule has 2 saturated heterocycles. The molecule has 0 radical (unpaired) electrons. The summed E-state index contributed by atoms with van der Waals surface area (Å²) in [5.74, 6) is 0.147. The molecule has 1 aromatic carbocycles. The minimum atomic E-state index is -0.287. The van der Waals surface area contributed by atoms with E-state index in [-0.39, 0.29) is 36.5 Å². The third kappa shape index (κ3) is 5.96. The monoisotopic (exact) mass is 434 g/mol. The zero-order valence-corrected chi connectivity index (χ0v) is 18.5. The lowest BCUT2D eigenvalue weighted by Gasteiger charge is -2.36. The van der Waals surface area contributed by atoms with Gasteiger partial charge in [0.15, 0.2) is 0 Å². The molecule has 8 heteroatoms. The van der Waals surface area contributed by atoms with E-state index in [0.717, 1.165) is 65.2 Å². The zero-order chi connectivity index (χ0) is 18.5. The Hall–Kier alpha value is -1.08. The Morgan fingerprint density at radius 2 is 1.89 bits per heavy atom. The topological polar surface area (TPSA) is 38.8 Å². The Labute approximate surface area is 180 Å². The SMILES string of the molecule is CCN1CCN(c2ccc(C(=O)N3CCCC(CNC)C3)cc2F)CC1.Cl.Cl. The lowest BCUT2D eigenvalue weighted by atomic mass is 9.97. The van der Waals surface area contributed by atoms with Crippen LogP contribution in [0.5, 0.6) is 0 Å². The van der Waals surface area contributed by atoms with Crippen LogP contribution in [0.25, 0.3) is 0 Å². The lowest BCUT2D eigenvalue weighted by Crippen LogP contribution is -2.46. The quantitative estimate of drug-likeness (QED) is 0.772. The Morgan fingerprint density at radius 1 is 1.18 bits per heavy atom. The molecule has 0 spiro atoms. The average Bonchev–Trinajstić information content (AvgIpc) is 2.68. The second-order valence-corrected chi connectivity index (χ2v) is 7.40. The number of likely N-dealkylation sites (tertiary alicyclic amines) is 1. The third-order valence-corrected chi connectivity index (χ3v) is 5.65. The van der Waals surface area contributed by atoms with Crippen LogP contribution >= 0.6 is 24.8 Å². The predicted octanol–water partition coefficient (Wildman–Crippen LogP) is 2.88. The van der Waals surface area contributed by atoms with E-state index in [2.05, 4.69) is 22.0 Å². The van der Waals surface area contributed by atoms with Crippen molar-refractivity contribution >= 4 is 36.4 Å². The van der Waals surface area contributed by atoms with Crippen molar-refractivity contribution in [3.05, 3.63) is 29.6 Å². The number of hydrogen-bond donors (Lipinski definition) is 1. The van der Waals surface area contributed by atoms with Crippen molar-refractivity contribution in [2.24, 2.45) is 5.92 Å². The number of hydrogen-bond acceptors (Lipinski definition) is 4. The molecule has 1 aromatic rings. The van der Waals surface area contributed by atoms with Crippen molar-refractivity contribution in [1.82, 2.24) is 15.1 Å². The number of piperidine rings is 1. The van der Waals surface area contributed by atoms with Crippen molar-refractivity contribution in [1.29, 1.82) is 0 Å². The maximum Gasteiger partial charge on any atom is 0.253 e. The van der Waals surface area contributed by atoms with Crippen molar-refractivity contribution in [2.45, 2.75) is 19.8 Å². The van der Waals surface area contributed by atoms with E-state index in [1.54, 1.807) is 12.1 Å². The molecule has 0 aromatic heterocycles. The molecular formula is C20H33Cl2FN4O. The van der Waals surface area contributed by atoms with Crippen LogP contribution in [0.15, 0.2) is 18.2 Å². The maximum atomic E-state index is 14.7. The van der Waals surface area contributed by atoms with Gasteiger partial charge in [-0.05, 0) is 57.1 Å². The van der Waals surface area contributed by atoms with Gasteiger partial charge in [0, 0.05) is 44.8 Å². The predicted molar refractivity (Wildman–Crippen MR) is 118 cm³/mol. The van der Waals surface area contributed by atoms with Crippen LogP contribution in [-0.4, -0.2) is 75.1 Å². The van der Waals surface area contributed by atoms with Gasteiger partial charge in [-0.3, -0.25) is 4.79 Å². The van der Waals surface area contributed by atoms with Crippen LogP contribution in [-0.2, 0) is 0 Å².